The van der Waals surface area contributed by atoms with Crippen molar-refractivity contribution in [3.63, 3.8) is 0 Å². The van der Waals surface area contributed by atoms with Gasteiger partial charge in [0.15, 0.2) is 0 Å². The minimum Gasteiger partial charge on any atom is -0.494 e. The second kappa shape index (κ2) is 4.33. The molecule has 0 unspecified atom stereocenters. The van der Waals surface area contributed by atoms with Gasteiger partial charge < -0.3 is 9.47 Å². The van der Waals surface area contributed by atoms with Gasteiger partial charge in [0.25, 0.3) is 0 Å². The molecular formula is C13H16N2O3. The van der Waals surface area contributed by atoms with Gasteiger partial charge in [-0.1, -0.05) is 12.1 Å². The zero-order chi connectivity index (χ0) is 13.3. The fourth-order valence-electron chi connectivity index (χ4n) is 1.66. The topological polar surface area (TPSA) is 53.4 Å². The normalized spacial score (nSPS) is 11.6. The molecule has 0 radical (unpaired) electrons. The van der Waals surface area contributed by atoms with Crippen LogP contribution in [0.4, 0.5) is 4.79 Å². The standard InChI is InChI=1S/C13H16N2O3/c1-13(2,3)18-12(16)15-11-9(8-14-15)6-5-7-10(11)17-4/h5-8H,1-4H3. The van der Waals surface area contributed by atoms with Crippen LogP contribution in [0.1, 0.15) is 20.8 Å². The van der Waals surface area contributed by atoms with E-state index in [1.165, 1.54) is 4.68 Å². The van der Waals surface area contributed by atoms with Crippen molar-refractivity contribution in [1.29, 1.82) is 0 Å². The summed E-state index contributed by atoms with van der Waals surface area (Å²) in [5.41, 5.74) is 0.0615. The van der Waals surface area contributed by atoms with Gasteiger partial charge >= 0.3 is 6.09 Å². The first kappa shape index (κ1) is 12.4. The minimum atomic E-state index is -0.558. The maximum Gasteiger partial charge on any atom is 0.435 e. The molecular weight excluding hydrogens is 232 g/mol. The predicted molar refractivity (Wildman–Crippen MR) is 67.9 cm³/mol. The van der Waals surface area contributed by atoms with E-state index in [0.717, 1.165) is 5.39 Å². The molecule has 1 heterocycles. The number of carbonyl (C=O) groups is 1. The van der Waals surface area contributed by atoms with E-state index >= 15 is 0 Å². The number of fused-ring (bicyclic) bond motifs is 1. The average Bonchev–Trinajstić information content (AvgIpc) is 2.70. The highest BCUT2D eigenvalue weighted by atomic mass is 16.6. The molecule has 0 saturated carbocycles. The molecule has 0 bridgehead atoms. The second-order valence-corrected chi connectivity index (χ2v) is 4.93. The Balaban J connectivity index is 2.48. The monoisotopic (exact) mass is 248 g/mol. The van der Waals surface area contributed by atoms with Crippen LogP contribution in [-0.4, -0.2) is 28.6 Å². The summed E-state index contributed by atoms with van der Waals surface area (Å²) in [6, 6.07) is 5.50. The lowest BCUT2D eigenvalue weighted by atomic mass is 10.2. The lowest BCUT2D eigenvalue weighted by Crippen LogP contribution is -2.27. The molecule has 5 nitrogen and oxygen atoms in total. The number of benzene rings is 1. The van der Waals surface area contributed by atoms with E-state index in [0.29, 0.717) is 11.3 Å². The van der Waals surface area contributed by atoms with Crippen LogP contribution in [0, 0.1) is 0 Å². The van der Waals surface area contributed by atoms with Crippen molar-refractivity contribution in [2.24, 2.45) is 0 Å². The number of aromatic nitrogens is 2. The highest BCUT2D eigenvalue weighted by molar-refractivity contribution is 5.91. The molecule has 0 aliphatic heterocycles. The number of rotatable bonds is 1. The van der Waals surface area contributed by atoms with Crippen molar-refractivity contribution in [3.8, 4) is 5.75 Å². The molecule has 1 aromatic heterocycles. The maximum atomic E-state index is 12.0. The van der Waals surface area contributed by atoms with Gasteiger partial charge in [-0.2, -0.15) is 9.78 Å². The van der Waals surface area contributed by atoms with Crippen molar-refractivity contribution in [2.75, 3.05) is 7.11 Å². The van der Waals surface area contributed by atoms with Crippen LogP contribution in [-0.2, 0) is 4.74 Å². The van der Waals surface area contributed by atoms with Gasteiger partial charge in [-0.15, -0.1) is 0 Å². The Hall–Kier alpha value is -2.04. The number of para-hydroxylation sites is 1. The fourth-order valence-corrected chi connectivity index (χ4v) is 1.66. The van der Waals surface area contributed by atoms with E-state index in [4.69, 9.17) is 9.47 Å². The molecule has 0 saturated heterocycles. The highest BCUT2D eigenvalue weighted by Crippen LogP contribution is 2.25. The van der Waals surface area contributed by atoms with Gasteiger partial charge in [0.05, 0.1) is 13.3 Å². The molecule has 1 aromatic carbocycles. The molecule has 2 rings (SSSR count). The van der Waals surface area contributed by atoms with Gasteiger partial charge in [0, 0.05) is 5.39 Å². The summed E-state index contributed by atoms with van der Waals surface area (Å²) in [5, 5.41) is 4.88. The van der Waals surface area contributed by atoms with Crippen LogP contribution in [0.3, 0.4) is 0 Å². The number of nitrogens with zero attached hydrogens (tertiary/aromatic N) is 2. The lowest BCUT2D eigenvalue weighted by Gasteiger charge is -2.19. The number of hydrogen-bond donors (Lipinski definition) is 0. The summed E-state index contributed by atoms with van der Waals surface area (Å²) in [6.45, 7) is 5.44. The van der Waals surface area contributed by atoms with Gasteiger partial charge in [0.1, 0.15) is 16.9 Å². The molecule has 2 aromatic rings. The van der Waals surface area contributed by atoms with Crippen LogP contribution in [0.5, 0.6) is 5.75 Å². The SMILES string of the molecule is COc1cccc2cnn(C(=O)OC(C)(C)C)c12. The van der Waals surface area contributed by atoms with Crippen LogP contribution in [0.25, 0.3) is 10.9 Å². The fraction of sp³-hybridized carbons (Fsp3) is 0.385. The summed E-state index contributed by atoms with van der Waals surface area (Å²) in [6.07, 6.45) is 1.10. The first-order valence-electron chi connectivity index (χ1n) is 5.66. The first-order chi connectivity index (χ1) is 8.42. The Morgan fingerprint density at radius 3 is 2.67 bits per heavy atom. The summed E-state index contributed by atoms with van der Waals surface area (Å²) in [7, 11) is 1.56. The highest BCUT2D eigenvalue weighted by Gasteiger charge is 2.21. The van der Waals surface area contributed by atoms with E-state index in [-0.39, 0.29) is 0 Å². The summed E-state index contributed by atoms with van der Waals surface area (Å²) >= 11 is 0. The van der Waals surface area contributed by atoms with Gasteiger partial charge in [-0.25, -0.2) is 4.79 Å². The smallest absolute Gasteiger partial charge is 0.435 e. The number of carbonyl (C=O) groups excluding carboxylic acids is 1. The molecule has 5 heteroatoms. The average molecular weight is 248 g/mol. The van der Waals surface area contributed by atoms with Crippen molar-refractivity contribution in [2.45, 2.75) is 26.4 Å². The third-order valence-electron chi connectivity index (χ3n) is 2.34. The molecule has 0 spiro atoms. The molecule has 0 aliphatic carbocycles. The van der Waals surface area contributed by atoms with Gasteiger partial charge in [-0.3, -0.25) is 0 Å². The maximum absolute atomic E-state index is 12.0. The van der Waals surface area contributed by atoms with E-state index in [1.807, 2.05) is 32.9 Å². The molecule has 0 atom stereocenters. The lowest BCUT2D eigenvalue weighted by molar-refractivity contribution is 0.0522. The van der Waals surface area contributed by atoms with Gasteiger partial charge in [0.2, 0.25) is 0 Å². The Bertz CT molecular complexity index is 581. The van der Waals surface area contributed by atoms with Crippen LogP contribution >= 0.6 is 0 Å². The van der Waals surface area contributed by atoms with Crippen molar-refractivity contribution in [1.82, 2.24) is 9.78 Å². The van der Waals surface area contributed by atoms with Crippen LogP contribution in [0.2, 0.25) is 0 Å². The molecule has 18 heavy (non-hydrogen) atoms. The Morgan fingerprint density at radius 1 is 1.33 bits per heavy atom. The quantitative estimate of drug-likeness (QED) is 0.778. The number of methoxy groups -OCH3 is 1. The summed E-state index contributed by atoms with van der Waals surface area (Å²) < 4.78 is 11.8. The van der Waals surface area contributed by atoms with Crippen LogP contribution in [0.15, 0.2) is 24.4 Å². The number of ether oxygens (including phenoxy) is 2. The zero-order valence-corrected chi connectivity index (χ0v) is 10.9. The van der Waals surface area contributed by atoms with Crippen molar-refractivity contribution in [3.05, 3.63) is 24.4 Å². The molecule has 0 aliphatic rings. The molecule has 0 N–H and O–H groups in total. The van der Waals surface area contributed by atoms with Crippen molar-refractivity contribution >= 4 is 17.0 Å². The zero-order valence-electron chi connectivity index (χ0n) is 10.9. The molecule has 96 valence electrons. The third-order valence-corrected chi connectivity index (χ3v) is 2.34. The van der Waals surface area contributed by atoms with Crippen molar-refractivity contribution < 1.29 is 14.3 Å². The molecule has 0 amide bonds. The van der Waals surface area contributed by atoms with Gasteiger partial charge in [-0.05, 0) is 26.8 Å². The summed E-state index contributed by atoms with van der Waals surface area (Å²) in [5.74, 6) is 0.593. The Kier molecular flexibility index (Phi) is 2.98. The number of hydrogen-bond acceptors (Lipinski definition) is 4. The third kappa shape index (κ3) is 2.30. The first-order valence-corrected chi connectivity index (χ1v) is 5.66. The predicted octanol–water partition coefficient (Wildman–Crippen LogP) is 2.83. The Morgan fingerprint density at radius 2 is 2.06 bits per heavy atom. The van der Waals surface area contributed by atoms with E-state index < -0.39 is 11.7 Å². The van der Waals surface area contributed by atoms with E-state index in [2.05, 4.69) is 5.10 Å². The van der Waals surface area contributed by atoms with E-state index in [1.54, 1.807) is 19.4 Å². The molecule has 0 fully saturated rings. The minimum absolute atomic E-state index is 0.512. The Labute approximate surface area is 105 Å². The van der Waals surface area contributed by atoms with E-state index in [9.17, 15) is 4.79 Å². The summed E-state index contributed by atoms with van der Waals surface area (Å²) in [4.78, 5) is 12.0. The van der Waals surface area contributed by atoms with Crippen LogP contribution < -0.4 is 4.74 Å². The second-order valence-electron chi connectivity index (χ2n) is 4.93. The largest absolute Gasteiger partial charge is 0.494 e.